The largest absolute Gasteiger partial charge is 0.370 e. The molecular formula is C14H29IN4O2S. The Morgan fingerprint density at radius 3 is 2.45 bits per heavy atom. The molecule has 0 amide bonds. The van der Waals surface area contributed by atoms with Gasteiger partial charge in [-0.2, -0.15) is 0 Å². The molecule has 0 aromatic carbocycles. The first-order valence-electron chi connectivity index (χ1n) is 7.98. The summed E-state index contributed by atoms with van der Waals surface area (Å²) < 4.78 is 26.4. The number of piperidine rings is 1. The summed E-state index contributed by atoms with van der Waals surface area (Å²) in [6.45, 7) is 4.89. The standard InChI is InChI=1S/C14H28N4O2S.HI/c1-12-5-8-18(9-6-12)14(15)16-7-10-21(19,20)17-11-13-3-2-4-13;/h12-13,17H,2-11H2,1H3,(H2,15,16);1H. The van der Waals surface area contributed by atoms with Crippen molar-refractivity contribution in [1.82, 2.24) is 9.62 Å². The second-order valence-electron chi connectivity index (χ2n) is 6.37. The molecule has 6 nitrogen and oxygen atoms in total. The van der Waals surface area contributed by atoms with E-state index < -0.39 is 10.0 Å². The highest BCUT2D eigenvalue weighted by Crippen LogP contribution is 2.25. The van der Waals surface area contributed by atoms with Crippen LogP contribution in [-0.4, -0.2) is 51.2 Å². The number of aliphatic imine (C=N–C) groups is 1. The Kier molecular flexibility index (Phi) is 8.40. The van der Waals surface area contributed by atoms with E-state index in [0.717, 1.165) is 44.7 Å². The average molecular weight is 444 g/mol. The fraction of sp³-hybridized carbons (Fsp3) is 0.929. The van der Waals surface area contributed by atoms with Gasteiger partial charge in [-0.05, 0) is 37.5 Å². The maximum Gasteiger partial charge on any atom is 0.213 e. The number of hydrogen-bond donors (Lipinski definition) is 2. The van der Waals surface area contributed by atoms with Crippen molar-refractivity contribution in [3.63, 3.8) is 0 Å². The minimum Gasteiger partial charge on any atom is -0.370 e. The normalized spacial score (nSPS) is 21.3. The molecule has 0 aromatic rings. The molecule has 1 saturated heterocycles. The average Bonchev–Trinajstić information content (AvgIpc) is 2.37. The van der Waals surface area contributed by atoms with Crippen molar-refractivity contribution in [1.29, 1.82) is 0 Å². The van der Waals surface area contributed by atoms with Crippen LogP contribution in [0.2, 0.25) is 0 Å². The van der Waals surface area contributed by atoms with Crippen LogP contribution in [-0.2, 0) is 10.0 Å². The van der Waals surface area contributed by atoms with Gasteiger partial charge in [0.2, 0.25) is 10.0 Å². The summed E-state index contributed by atoms with van der Waals surface area (Å²) in [6, 6.07) is 0. The Hall–Kier alpha value is -0.0900. The van der Waals surface area contributed by atoms with Crippen molar-refractivity contribution in [3.8, 4) is 0 Å². The van der Waals surface area contributed by atoms with E-state index in [4.69, 9.17) is 5.73 Å². The SMILES string of the molecule is CC1CCN(C(N)=NCCS(=O)(=O)NCC2CCC2)CC1.I. The molecule has 1 heterocycles. The molecule has 0 aromatic heterocycles. The summed E-state index contributed by atoms with van der Waals surface area (Å²) in [5, 5.41) is 0. The molecule has 3 N–H and O–H groups in total. The van der Waals surface area contributed by atoms with Gasteiger partial charge in [0.15, 0.2) is 5.96 Å². The number of nitrogens with two attached hydrogens (primary N) is 1. The Labute approximate surface area is 151 Å². The van der Waals surface area contributed by atoms with Crippen molar-refractivity contribution in [2.75, 3.05) is 31.9 Å². The molecule has 1 aliphatic carbocycles. The van der Waals surface area contributed by atoms with Crippen LogP contribution in [0.5, 0.6) is 0 Å². The summed E-state index contributed by atoms with van der Waals surface area (Å²) in [4.78, 5) is 6.27. The molecule has 2 rings (SSSR count). The molecule has 22 heavy (non-hydrogen) atoms. The van der Waals surface area contributed by atoms with Gasteiger partial charge in [0, 0.05) is 19.6 Å². The first-order valence-corrected chi connectivity index (χ1v) is 9.64. The van der Waals surface area contributed by atoms with E-state index in [-0.39, 0.29) is 36.3 Å². The van der Waals surface area contributed by atoms with Gasteiger partial charge in [0.1, 0.15) is 0 Å². The smallest absolute Gasteiger partial charge is 0.213 e. The van der Waals surface area contributed by atoms with E-state index >= 15 is 0 Å². The van der Waals surface area contributed by atoms with Crippen LogP contribution in [0.3, 0.4) is 0 Å². The molecule has 2 fully saturated rings. The summed E-state index contributed by atoms with van der Waals surface area (Å²) in [5.41, 5.74) is 5.94. The van der Waals surface area contributed by atoms with E-state index in [9.17, 15) is 8.42 Å². The van der Waals surface area contributed by atoms with E-state index in [0.29, 0.717) is 18.4 Å². The summed E-state index contributed by atoms with van der Waals surface area (Å²) in [6.07, 6.45) is 5.75. The zero-order valence-electron chi connectivity index (χ0n) is 13.3. The van der Waals surface area contributed by atoms with E-state index in [1.807, 2.05) is 0 Å². The van der Waals surface area contributed by atoms with Gasteiger partial charge in [-0.15, -0.1) is 24.0 Å². The Morgan fingerprint density at radius 2 is 1.91 bits per heavy atom. The zero-order valence-corrected chi connectivity index (χ0v) is 16.5. The summed E-state index contributed by atoms with van der Waals surface area (Å²) in [7, 11) is -3.22. The fourth-order valence-corrected chi connectivity index (χ4v) is 3.60. The second-order valence-corrected chi connectivity index (χ2v) is 8.30. The number of halogens is 1. The lowest BCUT2D eigenvalue weighted by Gasteiger charge is -2.31. The van der Waals surface area contributed by atoms with Crippen LogP contribution >= 0.6 is 24.0 Å². The quantitative estimate of drug-likeness (QED) is 0.368. The lowest BCUT2D eigenvalue weighted by molar-refractivity contribution is 0.278. The van der Waals surface area contributed by atoms with Crippen LogP contribution in [0.4, 0.5) is 0 Å². The predicted octanol–water partition coefficient (Wildman–Crippen LogP) is 1.37. The van der Waals surface area contributed by atoms with E-state index in [1.54, 1.807) is 0 Å². The maximum absolute atomic E-state index is 11.8. The monoisotopic (exact) mass is 444 g/mol. The highest BCUT2D eigenvalue weighted by atomic mass is 127. The molecule has 0 radical (unpaired) electrons. The zero-order chi connectivity index (χ0) is 15.3. The third-order valence-electron chi connectivity index (χ3n) is 4.56. The molecule has 130 valence electrons. The molecule has 2 aliphatic rings. The minimum atomic E-state index is -3.22. The number of likely N-dealkylation sites (tertiary alicyclic amines) is 1. The molecule has 8 heteroatoms. The van der Waals surface area contributed by atoms with Gasteiger partial charge in [-0.1, -0.05) is 13.3 Å². The van der Waals surface area contributed by atoms with Gasteiger partial charge in [-0.3, -0.25) is 4.99 Å². The third kappa shape index (κ3) is 6.57. The Balaban J connectivity index is 0.00000242. The van der Waals surface area contributed by atoms with Gasteiger partial charge >= 0.3 is 0 Å². The Morgan fingerprint density at radius 1 is 1.27 bits per heavy atom. The maximum atomic E-state index is 11.8. The van der Waals surface area contributed by atoms with Crippen molar-refractivity contribution < 1.29 is 8.42 Å². The molecule has 1 aliphatic heterocycles. The molecule has 0 unspecified atom stereocenters. The molecular weight excluding hydrogens is 415 g/mol. The second kappa shape index (κ2) is 9.27. The number of guanidine groups is 1. The van der Waals surface area contributed by atoms with Gasteiger partial charge in [0.25, 0.3) is 0 Å². The topological polar surface area (TPSA) is 87.8 Å². The lowest BCUT2D eigenvalue weighted by atomic mass is 9.86. The van der Waals surface area contributed by atoms with Crippen LogP contribution in [0, 0.1) is 11.8 Å². The van der Waals surface area contributed by atoms with Gasteiger partial charge in [-0.25, -0.2) is 13.1 Å². The van der Waals surface area contributed by atoms with Crippen LogP contribution in [0.15, 0.2) is 4.99 Å². The number of sulfonamides is 1. The lowest BCUT2D eigenvalue weighted by Crippen LogP contribution is -2.43. The molecule has 1 saturated carbocycles. The van der Waals surface area contributed by atoms with Gasteiger partial charge < -0.3 is 10.6 Å². The van der Waals surface area contributed by atoms with Crippen LogP contribution in [0.1, 0.15) is 39.0 Å². The van der Waals surface area contributed by atoms with Gasteiger partial charge in [0.05, 0.1) is 12.3 Å². The van der Waals surface area contributed by atoms with Crippen molar-refractivity contribution >= 4 is 40.0 Å². The van der Waals surface area contributed by atoms with Crippen molar-refractivity contribution in [2.45, 2.75) is 39.0 Å². The fourth-order valence-electron chi connectivity index (χ4n) is 2.63. The van der Waals surface area contributed by atoms with E-state index in [1.165, 1.54) is 6.42 Å². The molecule has 0 atom stereocenters. The Bertz CT molecular complexity index is 457. The number of hydrogen-bond acceptors (Lipinski definition) is 3. The van der Waals surface area contributed by atoms with Crippen molar-refractivity contribution in [2.24, 2.45) is 22.6 Å². The van der Waals surface area contributed by atoms with Crippen LogP contribution < -0.4 is 10.5 Å². The van der Waals surface area contributed by atoms with E-state index in [2.05, 4.69) is 21.5 Å². The first-order chi connectivity index (χ1) is 9.96. The number of nitrogens with zero attached hydrogens (tertiary/aromatic N) is 2. The predicted molar refractivity (Wildman–Crippen MR) is 101 cm³/mol. The highest BCUT2D eigenvalue weighted by molar-refractivity contribution is 14.0. The summed E-state index contributed by atoms with van der Waals surface area (Å²) >= 11 is 0. The van der Waals surface area contributed by atoms with Crippen LogP contribution in [0.25, 0.3) is 0 Å². The third-order valence-corrected chi connectivity index (χ3v) is 5.88. The first kappa shape index (κ1) is 20.0. The van der Waals surface area contributed by atoms with Crippen molar-refractivity contribution in [3.05, 3.63) is 0 Å². The summed E-state index contributed by atoms with van der Waals surface area (Å²) in [5.74, 6) is 1.77. The number of rotatable bonds is 6. The highest BCUT2D eigenvalue weighted by Gasteiger charge is 2.20. The minimum absolute atomic E-state index is 0. The molecule has 0 spiro atoms. The molecule has 0 bridgehead atoms. The number of nitrogens with one attached hydrogen (secondary N) is 1.